The molecule has 0 aromatic heterocycles. The monoisotopic (exact) mass is 316 g/mol. The molecule has 3 nitrogen and oxygen atoms in total. The fourth-order valence-corrected chi connectivity index (χ4v) is 1.51. The Balaban J connectivity index is 2.29. The first kappa shape index (κ1) is 14.1. The number of amides is 2. The van der Waals surface area contributed by atoms with Gasteiger partial charge in [-0.15, -0.1) is 11.6 Å². The molecule has 0 aliphatic rings. The minimum absolute atomic E-state index is 0.219. The molecule has 0 heterocycles. The van der Waals surface area contributed by atoms with Gasteiger partial charge >= 0.3 is 6.03 Å². The van der Waals surface area contributed by atoms with Crippen LogP contribution in [0.15, 0.2) is 34.9 Å². The van der Waals surface area contributed by atoms with E-state index in [0.717, 1.165) is 16.5 Å². The van der Waals surface area contributed by atoms with Gasteiger partial charge in [0.05, 0.1) is 0 Å². The highest BCUT2D eigenvalue weighted by Gasteiger charge is 1.94. The third-order valence-corrected chi connectivity index (χ3v) is 2.75. The van der Waals surface area contributed by atoms with Crippen LogP contribution in [0.2, 0.25) is 0 Å². The molecule has 0 aliphatic carbocycles. The van der Waals surface area contributed by atoms with E-state index in [4.69, 9.17) is 11.6 Å². The van der Waals surface area contributed by atoms with Crippen LogP contribution in [0.4, 0.5) is 4.79 Å². The lowest BCUT2D eigenvalue weighted by Gasteiger charge is -2.02. The number of halogens is 2. The normalized spacial score (nSPS) is 10.5. The number of urea groups is 1. The summed E-state index contributed by atoms with van der Waals surface area (Å²) in [6.07, 6.45) is 4.21. The first-order chi connectivity index (χ1) is 8.22. The zero-order valence-electron chi connectivity index (χ0n) is 9.25. The summed E-state index contributed by atoms with van der Waals surface area (Å²) >= 11 is 8.85. The molecule has 0 spiro atoms. The first-order valence-electron chi connectivity index (χ1n) is 5.25. The highest BCUT2D eigenvalue weighted by Crippen LogP contribution is 2.10. The van der Waals surface area contributed by atoms with Crippen molar-refractivity contribution in [1.82, 2.24) is 10.6 Å². The molecule has 0 saturated heterocycles. The predicted octanol–water partition coefficient (Wildman–Crippen LogP) is 3.35. The van der Waals surface area contributed by atoms with Crippen LogP contribution in [-0.2, 0) is 0 Å². The molecule has 0 aliphatic heterocycles. The van der Waals surface area contributed by atoms with E-state index >= 15 is 0 Å². The zero-order valence-corrected chi connectivity index (χ0v) is 11.6. The van der Waals surface area contributed by atoms with Gasteiger partial charge in [-0.2, -0.15) is 0 Å². The maximum Gasteiger partial charge on any atom is 0.318 e. The Morgan fingerprint density at radius 3 is 2.71 bits per heavy atom. The van der Waals surface area contributed by atoms with E-state index in [0.29, 0.717) is 12.4 Å². The van der Waals surface area contributed by atoms with Crippen LogP contribution in [0.3, 0.4) is 0 Å². The van der Waals surface area contributed by atoms with Crippen molar-refractivity contribution >= 4 is 39.6 Å². The summed E-state index contributed by atoms with van der Waals surface area (Å²) < 4.78 is 1.03. The summed E-state index contributed by atoms with van der Waals surface area (Å²) in [5, 5.41) is 5.30. The second-order valence-electron chi connectivity index (χ2n) is 3.33. The van der Waals surface area contributed by atoms with Crippen molar-refractivity contribution in [3.63, 3.8) is 0 Å². The molecule has 2 N–H and O–H groups in total. The minimum atomic E-state index is -0.219. The van der Waals surface area contributed by atoms with Gasteiger partial charge < -0.3 is 10.6 Å². The van der Waals surface area contributed by atoms with Crippen molar-refractivity contribution in [1.29, 1.82) is 0 Å². The fraction of sp³-hybridized carbons (Fsp3) is 0.250. The summed E-state index contributed by atoms with van der Waals surface area (Å²) in [6.45, 7) is 0.585. The summed E-state index contributed by atoms with van der Waals surface area (Å²) in [5.41, 5.74) is 1.02. The Labute approximate surface area is 114 Å². The summed E-state index contributed by atoms with van der Waals surface area (Å²) in [5.74, 6) is 0.551. The molecule has 17 heavy (non-hydrogen) atoms. The molecule has 0 radical (unpaired) electrons. The third-order valence-electron chi connectivity index (χ3n) is 1.96. The highest BCUT2D eigenvalue weighted by molar-refractivity contribution is 9.10. The zero-order chi connectivity index (χ0) is 12.5. The number of alkyl halides is 1. The van der Waals surface area contributed by atoms with E-state index in [9.17, 15) is 4.79 Å². The van der Waals surface area contributed by atoms with Crippen molar-refractivity contribution in [3.05, 3.63) is 40.5 Å². The number of carbonyl (C=O) groups is 1. The van der Waals surface area contributed by atoms with Crippen molar-refractivity contribution in [2.45, 2.75) is 6.42 Å². The van der Waals surface area contributed by atoms with Gasteiger partial charge in [0.15, 0.2) is 0 Å². The molecule has 0 atom stereocenters. The van der Waals surface area contributed by atoms with Crippen LogP contribution in [0, 0.1) is 0 Å². The number of rotatable bonds is 5. The van der Waals surface area contributed by atoms with Gasteiger partial charge in [0.1, 0.15) is 0 Å². The average Bonchev–Trinajstić information content (AvgIpc) is 2.32. The molecule has 0 saturated carbocycles. The van der Waals surface area contributed by atoms with Crippen molar-refractivity contribution in [2.75, 3.05) is 12.4 Å². The van der Waals surface area contributed by atoms with Crippen molar-refractivity contribution in [2.24, 2.45) is 0 Å². The molecule has 0 bridgehead atoms. The Hall–Kier alpha value is -1.00. The number of hydrogen-bond donors (Lipinski definition) is 2. The predicted molar refractivity (Wildman–Crippen MR) is 75.0 cm³/mol. The third kappa shape index (κ3) is 6.34. The SMILES string of the molecule is O=C(N/C=C/c1ccc(Br)cc1)NCCCCl. The lowest BCUT2D eigenvalue weighted by Crippen LogP contribution is -2.32. The topological polar surface area (TPSA) is 41.1 Å². The van der Waals surface area contributed by atoms with Gasteiger partial charge in [-0.1, -0.05) is 28.1 Å². The quantitative estimate of drug-likeness (QED) is 0.634. The van der Waals surface area contributed by atoms with Crippen LogP contribution in [0.1, 0.15) is 12.0 Å². The number of benzene rings is 1. The summed E-state index contributed by atoms with van der Waals surface area (Å²) in [7, 11) is 0. The Kier molecular flexibility index (Phi) is 6.74. The van der Waals surface area contributed by atoms with E-state index in [1.807, 2.05) is 30.3 Å². The van der Waals surface area contributed by atoms with Gasteiger partial charge in [0.25, 0.3) is 0 Å². The van der Waals surface area contributed by atoms with Crippen LogP contribution in [0.5, 0.6) is 0 Å². The van der Waals surface area contributed by atoms with E-state index in [1.165, 1.54) is 0 Å². The van der Waals surface area contributed by atoms with Crippen molar-refractivity contribution < 1.29 is 4.79 Å². The van der Waals surface area contributed by atoms with Gasteiger partial charge in [-0.25, -0.2) is 4.79 Å². The summed E-state index contributed by atoms with van der Waals surface area (Å²) in [4.78, 5) is 11.2. The fourth-order valence-electron chi connectivity index (χ4n) is 1.11. The van der Waals surface area contributed by atoms with E-state index in [2.05, 4.69) is 26.6 Å². The molecule has 0 unspecified atom stereocenters. The molecule has 1 rings (SSSR count). The Morgan fingerprint density at radius 2 is 2.06 bits per heavy atom. The van der Waals surface area contributed by atoms with E-state index < -0.39 is 0 Å². The molecule has 0 fully saturated rings. The van der Waals surface area contributed by atoms with Crippen LogP contribution < -0.4 is 10.6 Å². The molecular formula is C12H14BrClN2O. The van der Waals surface area contributed by atoms with Crippen LogP contribution >= 0.6 is 27.5 Å². The number of hydrogen-bond acceptors (Lipinski definition) is 1. The standard InChI is InChI=1S/C12H14BrClN2O/c13-11-4-2-10(3-5-11)6-9-16-12(17)15-8-1-7-14/h2-6,9H,1,7-8H2,(H2,15,16,17)/b9-6+. The molecular weight excluding hydrogens is 304 g/mol. The average molecular weight is 318 g/mol. The molecule has 2 amide bonds. The minimum Gasteiger partial charge on any atom is -0.338 e. The Morgan fingerprint density at radius 1 is 1.35 bits per heavy atom. The number of carbonyl (C=O) groups excluding carboxylic acids is 1. The van der Waals surface area contributed by atoms with E-state index in [-0.39, 0.29) is 6.03 Å². The molecule has 1 aromatic carbocycles. The van der Waals surface area contributed by atoms with Gasteiger partial charge in [0, 0.05) is 23.1 Å². The van der Waals surface area contributed by atoms with Crippen LogP contribution in [0.25, 0.3) is 6.08 Å². The second kappa shape index (κ2) is 8.14. The van der Waals surface area contributed by atoms with Crippen LogP contribution in [-0.4, -0.2) is 18.5 Å². The largest absolute Gasteiger partial charge is 0.338 e. The van der Waals surface area contributed by atoms with Crippen molar-refractivity contribution in [3.8, 4) is 0 Å². The van der Waals surface area contributed by atoms with Gasteiger partial charge in [-0.3, -0.25) is 0 Å². The Bertz CT molecular complexity index is 379. The lowest BCUT2D eigenvalue weighted by molar-refractivity contribution is 0.244. The van der Waals surface area contributed by atoms with Gasteiger partial charge in [-0.05, 0) is 30.2 Å². The summed E-state index contributed by atoms with van der Waals surface area (Å²) in [6, 6.07) is 7.57. The van der Waals surface area contributed by atoms with E-state index in [1.54, 1.807) is 6.20 Å². The molecule has 1 aromatic rings. The second-order valence-corrected chi connectivity index (χ2v) is 4.62. The maximum absolute atomic E-state index is 11.2. The smallest absolute Gasteiger partial charge is 0.318 e. The highest BCUT2D eigenvalue weighted by atomic mass is 79.9. The molecule has 5 heteroatoms. The maximum atomic E-state index is 11.2. The first-order valence-corrected chi connectivity index (χ1v) is 6.57. The molecule has 92 valence electrons. The number of nitrogens with one attached hydrogen (secondary N) is 2. The van der Waals surface area contributed by atoms with Gasteiger partial charge in [0.2, 0.25) is 0 Å². The lowest BCUT2D eigenvalue weighted by atomic mass is 10.2.